The number of likely N-dealkylation sites (tertiary alicyclic amines) is 1. The van der Waals surface area contributed by atoms with E-state index in [4.69, 9.17) is 0 Å². The Morgan fingerprint density at radius 3 is 2.76 bits per heavy atom. The van der Waals surface area contributed by atoms with Gasteiger partial charge in [0.25, 0.3) is 0 Å². The molecule has 1 aliphatic heterocycles. The van der Waals surface area contributed by atoms with Crippen LogP contribution in [0.5, 0.6) is 0 Å². The molecule has 1 aromatic carbocycles. The first kappa shape index (κ1) is 15.2. The number of thiophene rings is 1. The maximum Gasteiger partial charge on any atom is 0.0823 e. The number of hydrogen-bond donors (Lipinski definition) is 1. The van der Waals surface area contributed by atoms with Crippen molar-refractivity contribution in [3.63, 3.8) is 0 Å². The van der Waals surface area contributed by atoms with Gasteiger partial charge in [-0.1, -0.05) is 30.3 Å². The summed E-state index contributed by atoms with van der Waals surface area (Å²) in [6, 6.07) is 12.6. The van der Waals surface area contributed by atoms with Crippen molar-refractivity contribution in [1.29, 1.82) is 0 Å². The molecule has 112 valence electrons. The maximum absolute atomic E-state index is 11.0. The van der Waals surface area contributed by atoms with Gasteiger partial charge in [0.1, 0.15) is 0 Å². The lowest BCUT2D eigenvalue weighted by atomic mass is 9.89. The standard InChI is InChI=1S/C17H20BrNOS/c18-15-7-10-21-16(15)11-17(20)8-4-9-19(13-17)12-14-5-2-1-3-6-14/h1-3,5-7,10,20H,4,8-9,11-13H2. The van der Waals surface area contributed by atoms with E-state index in [0.717, 1.165) is 43.4 Å². The maximum atomic E-state index is 11.0. The number of β-amino-alcohol motifs (C(OH)–C–C–N with tert-alkyl or cyclic N) is 1. The molecular weight excluding hydrogens is 346 g/mol. The zero-order chi connectivity index (χ0) is 14.7. The van der Waals surface area contributed by atoms with Gasteiger partial charge < -0.3 is 5.11 Å². The molecule has 0 saturated carbocycles. The highest BCUT2D eigenvalue weighted by atomic mass is 79.9. The molecule has 1 unspecified atom stereocenters. The summed E-state index contributed by atoms with van der Waals surface area (Å²) in [5.41, 5.74) is 0.722. The molecular formula is C17H20BrNOS. The van der Waals surface area contributed by atoms with Crippen LogP contribution in [-0.4, -0.2) is 28.7 Å². The van der Waals surface area contributed by atoms with Crippen LogP contribution in [0.3, 0.4) is 0 Å². The third-order valence-corrected chi connectivity index (χ3v) is 5.99. The Kier molecular flexibility index (Phi) is 4.79. The lowest BCUT2D eigenvalue weighted by Gasteiger charge is -2.39. The second-order valence-corrected chi connectivity index (χ2v) is 7.75. The number of rotatable bonds is 4. The van der Waals surface area contributed by atoms with E-state index in [1.54, 1.807) is 11.3 Å². The molecule has 1 fully saturated rings. The first-order valence-electron chi connectivity index (χ1n) is 7.35. The third-order valence-electron chi connectivity index (χ3n) is 4.06. The minimum absolute atomic E-state index is 0.597. The summed E-state index contributed by atoms with van der Waals surface area (Å²) < 4.78 is 1.13. The molecule has 0 bridgehead atoms. The summed E-state index contributed by atoms with van der Waals surface area (Å²) >= 11 is 5.29. The van der Waals surface area contributed by atoms with Crippen LogP contribution in [0, 0.1) is 0 Å². The topological polar surface area (TPSA) is 23.5 Å². The molecule has 2 aromatic rings. The summed E-state index contributed by atoms with van der Waals surface area (Å²) in [7, 11) is 0. The van der Waals surface area contributed by atoms with Crippen molar-refractivity contribution < 1.29 is 5.11 Å². The molecule has 21 heavy (non-hydrogen) atoms. The molecule has 2 heterocycles. The zero-order valence-electron chi connectivity index (χ0n) is 12.0. The number of halogens is 1. The van der Waals surface area contributed by atoms with Crippen molar-refractivity contribution in [2.75, 3.05) is 13.1 Å². The monoisotopic (exact) mass is 365 g/mol. The molecule has 2 nitrogen and oxygen atoms in total. The van der Waals surface area contributed by atoms with Gasteiger partial charge in [-0.2, -0.15) is 0 Å². The van der Waals surface area contributed by atoms with Gasteiger partial charge in [0.05, 0.1) is 5.60 Å². The van der Waals surface area contributed by atoms with Crippen molar-refractivity contribution in [3.05, 3.63) is 56.7 Å². The first-order chi connectivity index (χ1) is 10.1. The average Bonchev–Trinajstić information content (AvgIpc) is 2.85. The van der Waals surface area contributed by atoms with E-state index < -0.39 is 5.60 Å². The molecule has 0 aliphatic carbocycles. The predicted octanol–water partition coefficient (Wildman–Crippen LogP) is 4.08. The predicted molar refractivity (Wildman–Crippen MR) is 91.6 cm³/mol. The second kappa shape index (κ2) is 6.61. The minimum Gasteiger partial charge on any atom is -0.388 e. The summed E-state index contributed by atoms with van der Waals surface area (Å²) in [5.74, 6) is 0. The van der Waals surface area contributed by atoms with Crippen molar-refractivity contribution in [2.24, 2.45) is 0 Å². The number of piperidine rings is 1. The Hall–Kier alpha value is -0.680. The summed E-state index contributed by atoms with van der Waals surface area (Å²) in [6.07, 6.45) is 2.70. The van der Waals surface area contributed by atoms with Gasteiger partial charge in [-0.3, -0.25) is 4.90 Å². The molecule has 1 saturated heterocycles. The van der Waals surface area contributed by atoms with E-state index in [2.05, 4.69) is 56.5 Å². The highest BCUT2D eigenvalue weighted by molar-refractivity contribution is 9.10. The van der Waals surface area contributed by atoms with E-state index in [1.807, 2.05) is 6.07 Å². The van der Waals surface area contributed by atoms with Crippen LogP contribution in [0.25, 0.3) is 0 Å². The average molecular weight is 366 g/mol. The largest absolute Gasteiger partial charge is 0.388 e. The summed E-state index contributed by atoms with van der Waals surface area (Å²) in [4.78, 5) is 3.62. The normalized spacial score (nSPS) is 23.3. The smallest absolute Gasteiger partial charge is 0.0823 e. The third kappa shape index (κ3) is 3.95. The van der Waals surface area contributed by atoms with Crippen LogP contribution < -0.4 is 0 Å². The second-order valence-electron chi connectivity index (χ2n) is 5.89. The van der Waals surface area contributed by atoms with E-state index in [0.29, 0.717) is 0 Å². The molecule has 0 spiro atoms. The summed E-state index contributed by atoms with van der Waals surface area (Å²) in [6.45, 7) is 2.75. The van der Waals surface area contributed by atoms with Crippen molar-refractivity contribution in [1.82, 2.24) is 4.90 Å². The van der Waals surface area contributed by atoms with Crippen LogP contribution in [0.1, 0.15) is 23.3 Å². The molecule has 0 amide bonds. The molecule has 1 atom stereocenters. The fourth-order valence-electron chi connectivity index (χ4n) is 3.08. The van der Waals surface area contributed by atoms with Gasteiger partial charge in [0.15, 0.2) is 0 Å². The minimum atomic E-state index is -0.597. The number of hydrogen-bond acceptors (Lipinski definition) is 3. The van der Waals surface area contributed by atoms with Gasteiger partial charge in [-0.15, -0.1) is 11.3 Å². The Bertz CT molecular complexity index is 585. The van der Waals surface area contributed by atoms with Gasteiger partial charge >= 0.3 is 0 Å². The number of nitrogens with zero attached hydrogens (tertiary/aromatic N) is 1. The van der Waals surface area contributed by atoms with Gasteiger partial charge in [0.2, 0.25) is 0 Å². The molecule has 0 radical (unpaired) electrons. The van der Waals surface area contributed by atoms with E-state index in [9.17, 15) is 5.11 Å². The van der Waals surface area contributed by atoms with Gasteiger partial charge in [-0.25, -0.2) is 0 Å². The van der Waals surface area contributed by atoms with Gasteiger partial charge in [-0.05, 0) is 52.3 Å². The van der Waals surface area contributed by atoms with E-state index in [1.165, 1.54) is 10.4 Å². The Balaban J connectivity index is 1.66. The lowest BCUT2D eigenvalue weighted by Crippen LogP contribution is -2.49. The van der Waals surface area contributed by atoms with Crippen LogP contribution in [-0.2, 0) is 13.0 Å². The van der Waals surface area contributed by atoms with Crippen LogP contribution >= 0.6 is 27.3 Å². The van der Waals surface area contributed by atoms with Crippen LogP contribution in [0.15, 0.2) is 46.3 Å². The number of benzene rings is 1. The number of aliphatic hydroxyl groups is 1. The first-order valence-corrected chi connectivity index (χ1v) is 9.02. The molecule has 1 aromatic heterocycles. The highest BCUT2D eigenvalue weighted by Gasteiger charge is 2.34. The molecule has 1 aliphatic rings. The van der Waals surface area contributed by atoms with Gasteiger partial charge in [0, 0.05) is 28.9 Å². The molecule has 3 rings (SSSR count). The van der Waals surface area contributed by atoms with Crippen molar-refractivity contribution in [2.45, 2.75) is 31.4 Å². The lowest BCUT2D eigenvalue weighted by molar-refractivity contribution is -0.0322. The fraction of sp³-hybridized carbons (Fsp3) is 0.412. The Labute approximate surface area is 138 Å². The molecule has 1 N–H and O–H groups in total. The Morgan fingerprint density at radius 1 is 1.24 bits per heavy atom. The van der Waals surface area contributed by atoms with E-state index >= 15 is 0 Å². The Morgan fingerprint density at radius 2 is 2.05 bits per heavy atom. The summed E-state index contributed by atoms with van der Waals surface area (Å²) in [5, 5.41) is 13.0. The van der Waals surface area contributed by atoms with Crippen molar-refractivity contribution in [3.8, 4) is 0 Å². The fourth-order valence-corrected chi connectivity index (χ4v) is 4.71. The van der Waals surface area contributed by atoms with E-state index in [-0.39, 0.29) is 0 Å². The van der Waals surface area contributed by atoms with Crippen molar-refractivity contribution >= 4 is 27.3 Å². The van der Waals surface area contributed by atoms with Crippen LogP contribution in [0.2, 0.25) is 0 Å². The zero-order valence-corrected chi connectivity index (χ0v) is 14.4. The SMILES string of the molecule is OC1(Cc2sccc2Br)CCCN(Cc2ccccc2)C1. The molecule has 4 heteroatoms. The highest BCUT2D eigenvalue weighted by Crippen LogP contribution is 2.31. The van der Waals surface area contributed by atoms with Crippen LogP contribution in [0.4, 0.5) is 0 Å². The quantitative estimate of drug-likeness (QED) is 0.882.